The van der Waals surface area contributed by atoms with E-state index in [1.165, 1.54) is 0 Å². The molecule has 2 aromatic rings. The molecule has 1 aliphatic heterocycles. The Kier molecular flexibility index (Phi) is 8.87. The minimum absolute atomic E-state index is 0.0220. The van der Waals surface area contributed by atoms with Gasteiger partial charge in [0.15, 0.2) is 11.5 Å². The van der Waals surface area contributed by atoms with Crippen LogP contribution in [0.1, 0.15) is 44.7 Å². The van der Waals surface area contributed by atoms with Crippen LogP contribution in [0.5, 0.6) is 11.5 Å². The number of aryl methyl sites for hydroxylation is 1. The molecule has 33 heavy (non-hydrogen) atoms. The molecular formula is C25H30Cl2N2O4. The summed E-state index contributed by atoms with van der Waals surface area (Å²) in [5, 5.41) is 3.94. The highest BCUT2D eigenvalue weighted by Gasteiger charge is 2.27. The van der Waals surface area contributed by atoms with Gasteiger partial charge in [0.25, 0.3) is 0 Å². The maximum absolute atomic E-state index is 13.3. The van der Waals surface area contributed by atoms with Crippen LogP contribution in [-0.4, -0.2) is 42.0 Å². The van der Waals surface area contributed by atoms with Gasteiger partial charge in [0.2, 0.25) is 11.8 Å². The second-order valence-corrected chi connectivity index (χ2v) is 9.07. The van der Waals surface area contributed by atoms with Crippen LogP contribution in [-0.2, 0) is 22.6 Å². The fourth-order valence-corrected chi connectivity index (χ4v) is 3.99. The van der Waals surface area contributed by atoms with Gasteiger partial charge in [-0.2, -0.15) is 0 Å². The average molecular weight is 493 g/mol. The summed E-state index contributed by atoms with van der Waals surface area (Å²) in [6, 6.07) is 10.2. The van der Waals surface area contributed by atoms with Gasteiger partial charge in [-0.05, 0) is 62.1 Å². The smallest absolute Gasteiger partial charge is 0.242 e. The number of fused-ring (bicyclic) bond motifs is 1. The number of hydrogen-bond donors (Lipinski definition) is 1. The lowest BCUT2D eigenvalue weighted by molar-refractivity contribution is -0.140. The standard InChI is InChI=1S/C25H30Cl2N2O4/c1-4-16(2)28-25(31)17(3)29(15-19-7-8-20(26)14-21(19)27)24(30)10-6-18-5-9-22-23(13-18)33-12-11-32-22/h5,7-9,13-14,16-17H,4,6,10-12,15H2,1-3H3,(H,28,31)/t16-,17-/m1/s1. The predicted molar refractivity (Wildman–Crippen MR) is 130 cm³/mol. The molecule has 0 aromatic heterocycles. The van der Waals surface area contributed by atoms with E-state index in [0.29, 0.717) is 41.2 Å². The zero-order chi connectivity index (χ0) is 24.0. The first-order valence-electron chi connectivity index (χ1n) is 11.2. The largest absolute Gasteiger partial charge is 0.486 e. The second kappa shape index (κ2) is 11.6. The van der Waals surface area contributed by atoms with Gasteiger partial charge in [0.05, 0.1) is 0 Å². The Morgan fingerprint density at radius 2 is 1.79 bits per heavy atom. The van der Waals surface area contributed by atoms with Crippen molar-refractivity contribution in [3.63, 3.8) is 0 Å². The Hall–Kier alpha value is -2.44. The topological polar surface area (TPSA) is 67.9 Å². The zero-order valence-electron chi connectivity index (χ0n) is 19.2. The molecular weight excluding hydrogens is 463 g/mol. The number of benzene rings is 2. The Balaban J connectivity index is 1.75. The van der Waals surface area contributed by atoms with Crippen molar-refractivity contribution in [3.8, 4) is 11.5 Å². The summed E-state index contributed by atoms with van der Waals surface area (Å²) < 4.78 is 11.2. The molecule has 8 heteroatoms. The van der Waals surface area contributed by atoms with Gasteiger partial charge in [-0.25, -0.2) is 0 Å². The van der Waals surface area contributed by atoms with Gasteiger partial charge in [-0.1, -0.05) is 42.3 Å². The summed E-state index contributed by atoms with van der Waals surface area (Å²) in [5.74, 6) is 1.08. The van der Waals surface area contributed by atoms with Crippen molar-refractivity contribution < 1.29 is 19.1 Å². The number of carbonyl (C=O) groups excluding carboxylic acids is 2. The molecule has 0 aliphatic carbocycles. The lowest BCUT2D eigenvalue weighted by Gasteiger charge is -2.30. The van der Waals surface area contributed by atoms with Crippen LogP contribution in [0.15, 0.2) is 36.4 Å². The normalized spacial score (nSPS) is 14.3. The average Bonchev–Trinajstić information content (AvgIpc) is 2.81. The molecule has 3 rings (SSSR count). The molecule has 2 atom stereocenters. The van der Waals surface area contributed by atoms with E-state index >= 15 is 0 Å². The Labute approximate surface area is 205 Å². The first-order valence-corrected chi connectivity index (χ1v) is 12.0. The van der Waals surface area contributed by atoms with Crippen molar-refractivity contribution in [2.75, 3.05) is 13.2 Å². The molecule has 0 bridgehead atoms. The number of nitrogens with one attached hydrogen (secondary N) is 1. The molecule has 0 fully saturated rings. The van der Waals surface area contributed by atoms with E-state index in [1.54, 1.807) is 30.0 Å². The van der Waals surface area contributed by atoms with Crippen molar-refractivity contribution in [2.24, 2.45) is 0 Å². The Morgan fingerprint density at radius 1 is 1.06 bits per heavy atom. The quantitative estimate of drug-likeness (QED) is 0.532. The Bertz CT molecular complexity index is 998. The van der Waals surface area contributed by atoms with Crippen molar-refractivity contribution in [1.29, 1.82) is 0 Å². The minimum Gasteiger partial charge on any atom is -0.486 e. The summed E-state index contributed by atoms with van der Waals surface area (Å²) in [7, 11) is 0. The third-order valence-electron chi connectivity index (χ3n) is 5.76. The van der Waals surface area contributed by atoms with E-state index in [-0.39, 0.29) is 30.8 Å². The molecule has 0 radical (unpaired) electrons. The predicted octanol–water partition coefficient (Wildman–Crippen LogP) is 5.03. The number of halogens is 2. The number of rotatable bonds is 9. The van der Waals surface area contributed by atoms with Crippen LogP contribution in [0.25, 0.3) is 0 Å². The highest BCUT2D eigenvalue weighted by molar-refractivity contribution is 6.35. The summed E-state index contributed by atoms with van der Waals surface area (Å²) in [6.07, 6.45) is 1.56. The third-order valence-corrected chi connectivity index (χ3v) is 6.35. The summed E-state index contributed by atoms with van der Waals surface area (Å²) in [6.45, 7) is 6.93. The van der Waals surface area contributed by atoms with E-state index < -0.39 is 6.04 Å². The van der Waals surface area contributed by atoms with Crippen LogP contribution in [0.3, 0.4) is 0 Å². The number of amides is 2. The Morgan fingerprint density at radius 3 is 2.48 bits per heavy atom. The number of carbonyl (C=O) groups is 2. The van der Waals surface area contributed by atoms with E-state index in [4.69, 9.17) is 32.7 Å². The van der Waals surface area contributed by atoms with Crippen molar-refractivity contribution >= 4 is 35.0 Å². The molecule has 0 saturated carbocycles. The minimum atomic E-state index is -0.654. The zero-order valence-corrected chi connectivity index (χ0v) is 20.7. The van der Waals surface area contributed by atoms with Gasteiger partial charge >= 0.3 is 0 Å². The maximum Gasteiger partial charge on any atom is 0.242 e. The van der Waals surface area contributed by atoms with Crippen LogP contribution < -0.4 is 14.8 Å². The first-order chi connectivity index (χ1) is 15.8. The van der Waals surface area contributed by atoms with Gasteiger partial charge in [-0.3, -0.25) is 9.59 Å². The lowest BCUT2D eigenvalue weighted by Crippen LogP contribution is -2.49. The van der Waals surface area contributed by atoms with E-state index in [1.807, 2.05) is 32.0 Å². The number of nitrogens with zero attached hydrogens (tertiary/aromatic N) is 1. The molecule has 1 aliphatic rings. The highest BCUT2D eigenvalue weighted by Crippen LogP contribution is 2.31. The van der Waals surface area contributed by atoms with Gasteiger partial charge in [0, 0.05) is 29.1 Å². The molecule has 0 unspecified atom stereocenters. The van der Waals surface area contributed by atoms with Crippen LogP contribution in [0.4, 0.5) is 0 Å². The molecule has 1 N–H and O–H groups in total. The first kappa shape index (κ1) is 25.2. The van der Waals surface area contributed by atoms with E-state index in [0.717, 1.165) is 17.5 Å². The number of hydrogen-bond acceptors (Lipinski definition) is 4. The molecule has 1 heterocycles. The SMILES string of the molecule is CC[C@@H](C)NC(=O)[C@@H](C)N(Cc1ccc(Cl)cc1Cl)C(=O)CCc1ccc2c(c1)OCCO2. The van der Waals surface area contributed by atoms with Gasteiger partial charge in [0.1, 0.15) is 19.3 Å². The number of ether oxygens (including phenoxy) is 2. The molecule has 2 amide bonds. The third kappa shape index (κ3) is 6.78. The van der Waals surface area contributed by atoms with Gasteiger partial charge < -0.3 is 19.7 Å². The lowest BCUT2D eigenvalue weighted by atomic mass is 10.1. The van der Waals surface area contributed by atoms with E-state index in [2.05, 4.69) is 5.32 Å². The summed E-state index contributed by atoms with van der Waals surface area (Å²) >= 11 is 12.4. The maximum atomic E-state index is 13.3. The van der Waals surface area contributed by atoms with Crippen molar-refractivity contribution in [2.45, 2.75) is 58.7 Å². The second-order valence-electron chi connectivity index (χ2n) is 8.23. The summed E-state index contributed by atoms with van der Waals surface area (Å²) in [4.78, 5) is 27.7. The van der Waals surface area contributed by atoms with Crippen LogP contribution in [0, 0.1) is 0 Å². The molecule has 0 saturated heterocycles. The molecule has 6 nitrogen and oxygen atoms in total. The highest BCUT2D eigenvalue weighted by atomic mass is 35.5. The van der Waals surface area contributed by atoms with Crippen molar-refractivity contribution in [3.05, 3.63) is 57.6 Å². The van der Waals surface area contributed by atoms with E-state index in [9.17, 15) is 9.59 Å². The van der Waals surface area contributed by atoms with Gasteiger partial charge in [-0.15, -0.1) is 0 Å². The molecule has 178 valence electrons. The fourth-order valence-electron chi connectivity index (χ4n) is 3.52. The van der Waals surface area contributed by atoms with Crippen LogP contribution in [0.2, 0.25) is 10.0 Å². The monoisotopic (exact) mass is 492 g/mol. The van der Waals surface area contributed by atoms with Crippen LogP contribution >= 0.6 is 23.2 Å². The van der Waals surface area contributed by atoms with Crippen molar-refractivity contribution in [1.82, 2.24) is 10.2 Å². The molecule has 0 spiro atoms. The summed E-state index contributed by atoms with van der Waals surface area (Å²) in [5.41, 5.74) is 1.70. The molecule has 2 aromatic carbocycles. The fraction of sp³-hybridized carbons (Fsp3) is 0.440.